The molecular weight excluding hydrogens is 266 g/mol. The monoisotopic (exact) mass is 285 g/mol. The molecule has 2 aromatic rings. The largest absolute Gasteiger partial charge is 0.482 e. The zero-order chi connectivity index (χ0) is 15.2. The van der Waals surface area contributed by atoms with Crippen LogP contribution in [0.1, 0.15) is 37.3 Å². The van der Waals surface area contributed by atoms with E-state index in [2.05, 4.69) is 13.8 Å². The molecule has 0 amide bonds. The second-order valence-corrected chi connectivity index (χ2v) is 5.07. The van der Waals surface area contributed by atoms with Gasteiger partial charge in [-0.3, -0.25) is 10.1 Å². The Hall–Kier alpha value is -2.36. The highest BCUT2D eigenvalue weighted by atomic mass is 16.6. The number of benzene rings is 2. The zero-order valence-corrected chi connectivity index (χ0v) is 12.3. The molecule has 2 aromatic carbocycles. The molecule has 0 bridgehead atoms. The summed E-state index contributed by atoms with van der Waals surface area (Å²) in [6.07, 6.45) is 0.946. The maximum atomic E-state index is 11.2. The Morgan fingerprint density at radius 2 is 1.90 bits per heavy atom. The Kier molecular flexibility index (Phi) is 4.93. The number of nitro groups is 1. The van der Waals surface area contributed by atoms with Gasteiger partial charge in [-0.2, -0.15) is 0 Å². The summed E-state index contributed by atoms with van der Waals surface area (Å²) in [5.74, 6) is 0.614. The normalized spacial score (nSPS) is 11.9. The maximum Gasteiger partial charge on any atom is 0.311 e. The minimum atomic E-state index is -0.383. The van der Waals surface area contributed by atoms with E-state index in [1.54, 1.807) is 12.1 Å². The lowest BCUT2D eigenvalue weighted by Gasteiger charge is -2.11. The van der Waals surface area contributed by atoms with E-state index in [1.807, 2.05) is 36.4 Å². The van der Waals surface area contributed by atoms with Crippen LogP contribution in [0.4, 0.5) is 5.69 Å². The van der Waals surface area contributed by atoms with Crippen LogP contribution in [0.2, 0.25) is 0 Å². The summed E-state index contributed by atoms with van der Waals surface area (Å²) in [6, 6.07) is 14.8. The fourth-order valence-electron chi connectivity index (χ4n) is 2.08. The van der Waals surface area contributed by atoms with E-state index in [9.17, 15) is 10.1 Å². The Balaban J connectivity index is 2.20. The molecule has 4 nitrogen and oxygen atoms in total. The molecule has 0 aromatic heterocycles. The fourth-order valence-corrected chi connectivity index (χ4v) is 2.08. The summed E-state index contributed by atoms with van der Waals surface area (Å²) in [7, 11) is 0. The molecule has 0 unspecified atom stereocenters. The van der Waals surface area contributed by atoms with Crippen molar-refractivity contribution in [1.82, 2.24) is 0 Å². The van der Waals surface area contributed by atoms with E-state index in [0.717, 1.165) is 17.5 Å². The van der Waals surface area contributed by atoms with Crippen molar-refractivity contribution in [2.24, 2.45) is 0 Å². The van der Waals surface area contributed by atoms with Crippen LogP contribution in [0.3, 0.4) is 0 Å². The summed E-state index contributed by atoms with van der Waals surface area (Å²) in [4.78, 5) is 10.8. The molecule has 0 aliphatic rings. The van der Waals surface area contributed by atoms with E-state index >= 15 is 0 Å². The Morgan fingerprint density at radius 1 is 1.19 bits per heavy atom. The number of rotatable bonds is 6. The van der Waals surface area contributed by atoms with Crippen LogP contribution in [-0.2, 0) is 6.61 Å². The quantitative estimate of drug-likeness (QED) is 0.571. The molecule has 0 saturated heterocycles. The SMILES string of the molecule is CC[C@H](C)c1ccc(OCc2ccccc2)c([N+](=O)[O-])c1. The predicted octanol–water partition coefficient (Wildman–Crippen LogP) is 4.69. The molecule has 0 spiro atoms. The maximum absolute atomic E-state index is 11.2. The van der Waals surface area contributed by atoms with E-state index in [4.69, 9.17) is 4.74 Å². The highest BCUT2D eigenvalue weighted by Crippen LogP contribution is 2.32. The average molecular weight is 285 g/mol. The molecule has 2 rings (SSSR count). The Bertz CT molecular complexity index is 611. The standard InChI is InChI=1S/C17H19NO3/c1-3-13(2)15-9-10-17(16(11-15)18(19)20)21-12-14-7-5-4-6-8-14/h4-11,13H,3,12H2,1-2H3/t13-/m0/s1. The van der Waals surface area contributed by atoms with Gasteiger partial charge in [0.1, 0.15) is 6.61 Å². The number of hydrogen-bond donors (Lipinski definition) is 0. The molecule has 1 atom stereocenters. The number of nitrogens with zero attached hydrogens (tertiary/aromatic N) is 1. The summed E-state index contributed by atoms with van der Waals surface area (Å²) in [5.41, 5.74) is 1.98. The predicted molar refractivity (Wildman–Crippen MR) is 82.6 cm³/mol. The molecule has 110 valence electrons. The number of ether oxygens (including phenoxy) is 1. The topological polar surface area (TPSA) is 52.4 Å². The van der Waals surface area contributed by atoms with Crippen LogP contribution >= 0.6 is 0 Å². The van der Waals surface area contributed by atoms with Crippen LogP contribution < -0.4 is 4.74 Å². The summed E-state index contributed by atoms with van der Waals surface area (Å²) >= 11 is 0. The third-order valence-electron chi connectivity index (χ3n) is 3.60. The molecule has 0 N–H and O–H groups in total. The molecule has 0 aliphatic carbocycles. The van der Waals surface area contributed by atoms with Crippen molar-refractivity contribution in [3.8, 4) is 5.75 Å². The van der Waals surface area contributed by atoms with Gasteiger partial charge in [-0.25, -0.2) is 0 Å². The fraction of sp³-hybridized carbons (Fsp3) is 0.294. The summed E-state index contributed by atoms with van der Waals surface area (Å²) in [6.45, 7) is 4.45. The first kappa shape index (κ1) is 15.0. The van der Waals surface area contributed by atoms with Crippen LogP contribution in [0.25, 0.3) is 0 Å². The van der Waals surface area contributed by atoms with Gasteiger partial charge in [-0.15, -0.1) is 0 Å². The van der Waals surface area contributed by atoms with E-state index < -0.39 is 0 Å². The van der Waals surface area contributed by atoms with Gasteiger partial charge in [0, 0.05) is 6.07 Å². The van der Waals surface area contributed by atoms with Gasteiger partial charge in [-0.05, 0) is 29.5 Å². The van der Waals surface area contributed by atoms with Crippen molar-refractivity contribution >= 4 is 5.69 Å². The van der Waals surface area contributed by atoms with Crippen LogP contribution in [-0.4, -0.2) is 4.92 Å². The van der Waals surface area contributed by atoms with Crippen LogP contribution in [0.5, 0.6) is 5.75 Å². The van der Waals surface area contributed by atoms with Gasteiger partial charge in [0.25, 0.3) is 0 Å². The third kappa shape index (κ3) is 3.81. The van der Waals surface area contributed by atoms with Gasteiger partial charge in [-0.1, -0.05) is 50.2 Å². The smallest absolute Gasteiger partial charge is 0.311 e. The highest BCUT2D eigenvalue weighted by molar-refractivity contribution is 5.49. The molecule has 21 heavy (non-hydrogen) atoms. The van der Waals surface area contributed by atoms with Crippen molar-refractivity contribution in [3.63, 3.8) is 0 Å². The van der Waals surface area contributed by atoms with Gasteiger partial charge >= 0.3 is 5.69 Å². The zero-order valence-electron chi connectivity index (χ0n) is 12.3. The lowest BCUT2D eigenvalue weighted by Crippen LogP contribution is -2.01. The molecular formula is C17H19NO3. The van der Waals surface area contributed by atoms with Crippen molar-refractivity contribution in [2.45, 2.75) is 32.8 Å². The Labute approximate surface area is 124 Å². The van der Waals surface area contributed by atoms with E-state index in [1.165, 1.54) is 0 Å². The summed E-state index contributed by atoms with van der Waals surface area (Å²) in [5, 5.41) is 11.2. The van der Waals surface area contributed by atoms with Gasteiger partial charge in [0.05, 0.1) is 4.92 Å². The lowest BCUT2D eigenvalue weighted by atomic mass is 9.98. The van der Waals surface area contributed by atoms with E-state index in [-0.39, 0.29) is 10.6 Å². The number of nitro benzene ring substituents is 1. The van der Waals surface area contributed by atoms with Crippen molar-refractivity contribution in [2.75, 3.05) is 0 Å². The van der Waals surface area contributed by atoms with Crippen molar-refractivity contribution in [3.05, 3.63) is 69.8 Å². The second-order valence-electron chi connectivity index (χ2n) is 5.07. The summed E-state index contributed by atoms with van der Waals surface area (Å²) < 4.78 is 5.61. The first-order valence-corrected chi connectivity index (χ1v) is 7.07. The molecule has 0 radical (unpaired) electrons. The molecule has 4 heteroatoms. The van der Waals surface area contributed by atoms with Crippen molar-refractivity contribution < 1.29 is 9.66 Å². The van der Waals surface area contributed by atoms with Crippen LogP contribution in [0, 0.1) is 10.1 Å². The second kappa shape index (κ2) is 6.88. The minimum Gasteiger partial charge on any atom is -0.482 e. The number of hydrogen-bond acceptors (Lipinski definition) is 3. The average Bonchev–Trinajstić information content (AvgIpc) is 2.52. The van der Waals surface area contributed by atoms with Gasteiger partial charge in [0.15, 0.2) is 5.75 Å². The van der Waals surface area contributed by atoms with Gasteiger partial charge in [0.2, 0.25) is 0 Å². The van der Waals surface area contributed by atoms with E-state index in [0.29, 0.717) is 18.3 Å². The van der Waals surface area contributed by atoms with Crippen LogP contribution in [0.15, 0.2) is 48.5 Å². The lowest BCUT2D eigenvalue weighted by molar-refractivity contribution is -0.386. The molecule has 0 fully saturated rings. The molecule has 0 aliphatic heterocycles. The molecule has 0 saturated carbocycles. The Morgan fingerprint density at radius 3 is 2.52 bits per heavy atom. The third-order valence-corrected chi connectivity index (χ3v) is 3.60. The first-order chi connectivity index (χ1) is 10.1. The minimum absolute atomic E-state index is 0.0312. The molecule has 0 heterocycles. The van der Waals surface area contributed by atoms with Gasteiger partial charge < -0.3 is 4.74 Å². The first-order valence-electron chi connectivity index (χ1n) is 7.07. The highest BCUT2D eigenvalue weighted by Gasteiger charge is 2.17. The van der Waals surface area contributed by atoms with Crippen molar-refractivity contribution in [1.29, 1.82) is 0 Å².